The fraction of sp³-hybridized carbons (Fsp3) is 0.235. The van der Waals surface area contributed by atoms with Gasteiger partial charge in [0.25, 0.3) is 0 Å². The maximum Gasteiger partial charge on any atom is 0.194 e. The zero-order valence-corrected chi connectivity index (χ0v) is 11.6. The van der Waals surface area contributed by atoms with Gasteiger partial charge in [0.05, 0.1) is 13.2 Å². The largest absolute Gasteiger partial charge is 0.494 e. The van der Waals surface area contributed by atoms with Crippen molar-refractivity contribution in [2.45, 2.75) is 13.8 Å². The number of benzene rings is 2. The highest BCUT2D eigenvalue weighted by molar-refractivity contribution is 6.22. The Kier molecular flexibility index (Phi) is 3.18. The average Bonchev–Trinajstić information content (AvgIpc) is 2.73. The van der Waals surface area contributed by atoms with E-state index in [2.05, 4.69) is 0 Å². The third-order valence-corrected chi connectivity index (χ3v) is 3.38. The lowest BCUT2D eigenvalue weighted by Gasteiger charge is -2.06. The van der Waals surface area contributed by atoms with Gasteiger partial charge in [-0.15, -0.1) is 0 Å². The van der Waals surface area contributed by atoms with E-state index < -0.39 is 0 Å². The standard InChI is InChI=1S/C17H16O3/c1-3-19-11-6-8-14-15(9-11)13-7-5-12(20-4-2)10-16(13)17(14)18/h5-10H,3-4H2,1-2H3. The first-order valence-corrected chi connectivity index (χ1v) is 6.83. The van der Waals surface area contributed by atoms with E-state index in [1.807, 2.05) is 50.2 Å². The summed E-state index contributed by atoms with van der Waals surface area (Å²) in [7, 11) is 0. The Balaban J connectivity index is 2.09. The minimum Gasteiger partial charge on any atom is -0.494 e. The summed E-state index contributed by atoms with van der Waals surface area (Å²) in [5, 5.41) is 0. The highest BCUT2D eigenvalue weighted by Gasteiger charge is 2.27. The number of ether oxygens (including phenoxy) is 2. The minimum absolute atomic E-state index is 0.0552. The van der Waals surface area contributed by atoms with Gasteiger partial charge in [0.2, 0.25) is 0 Å². The molecule has 0 radical (unpaired) electrons. The molecule has 1 aliphatic rings. The van der Waals surface area contributed by atoms with Crippen molar-refractivity contribution in [1.82, 2.24) is 0 Å². The molecule has 0 atom stereocenters. The van der Waals surface area contributed by atoms with Crippen LogP contribution in [0.3, 0.4) is 0 Å². The Labute approximate surface area is 118 Å². The molecule has 0 heterocycles. The van der Waals surface area contributed by atoms with Crippen molar-refractivity contribution >= 4 is 5.78 Å². The quantitative estimate of drug-likeness (QED) is 0.723. The van der Waals surface area contributed by atoms with Gasteiger partial charge < -0.3 is 9.47 Å². The van der Waals surface area contributed by atoms with Gasteiger partial charge in [-0.2, -0.15) is 0 Å². The van der Waals surface area contributed by atoms with Crippen LogP contribution >= 0.6 is 0 Å². The van der Waals surface area contributed by atoms with E-state index in [1.54, 1.807) is 0 Å². The van der Waals surface area contributed by atoms with Crippen molar-refractivity contribution in [2.24, 2.45) is 0 Å². The van der Waals surface area contributed by atoms with Crippen LogP contribution in [0, 0.1) is 0 Å². The molecule has 0 aliphatic heterocycles. The van der Waals surface area contributed by atoms with Gasteiger partial charge in [-0.3, -0.25) is 4.79 Å². The van der Waals surface area contributed by atoms with E-state index in [-0.39, 0.29) is 5.78 Å². The number of rotatable bonds is 4. The highest BCUT2D eigenvalue weighted by atomic mass is 16.5. The summed E-state index contributed by atoms with van der Waals surface area (Å²) < 4.78 is 11.0. The summed E-state index contributed by atoms with van der Waals surface area (Å²) >= 11 is 0. The number of hydrogen-bond acceptors (Lipinski definition) is 3. The summed E-state index contributed by atoms with van der Waals surface area (Å²) in [6.07, 6.45) is 0. The van der Waals surface area contributed by atoms with E-state index in [9.17, 15) is 4.79 Å². The molecule has 0 unspecified atom stereocenters. The van der Waals surface area contributed by atoms with E-state index in [1.165, 1.54) is 0 Å². The molecule has 1 aliphatic carbocycles. The molecule has 0 saturated carbocycles. The fourth-order valence-electron chi connectivity index (χ4n) is 2.55. The van der Waals surface area contributed by atoms with Gasteiger partial charge in [0.1, 0.15) is 11.5 Å². The smallest absolute Gasteiger partial charge is 0.194 e. The number of carbonyl (C=O) groups is 1. The van der Waals surface area contributed by atoms with Crippen molar-refractivity contribution in [3.05, 3.63) is 47.5 Å². The molecule has 0 aromatic heterocycles. The number of carbonyl (C=O) groups excluding carboxylic acids is 1. The molecule has 0 N–H and O–H groups in total. The van der Waals surface area contributed by atoms with Crippen LogP contribution in [-0.2, 0) is 0 Å². The maximum absolute atomic E-state index is 12.4. The first kappa shape index (κ1) is 12.7. The van der Waals surface area contributed by atoms with Crippen LogP contribution in [0.4, 0.5) is 0 Å². The van der Waals surface area contributed by atoms with Gasteiger partial charge in [0, 0.05) is 11.1 Å². The van der Waals surface area contributed by atoms with Crippen LogP contribution in [0.2, 0.25) is 0 Å². The van der Waals surface area contributed by atoms with Gasteiger partial charge in [-0.1, -0.05) is 0 Å². The molecule has 0 bridgehead atoms. The second-order valence-corrected chi connectivity index (χ2v) is 4.61. The van der Waals surface area contributed by atoms with Gasteiger partial charge in [-0.25, -0.2) is 0 Å². The lowest BCUT2D eigenvalue weighted by molar-refractivity contribution is 0.104. The topological polar surface area (TPSA) is 35.5 Å². The molecule has 0 fully saturated rings. The number of hydrogen-bond donors (Lipinski definition) is 0. The molecule has 0 spiro atoms. The Hall–Kier alpha value is -2.29. The minimum atomic E-state index is 0.0552. The van der Waals surface area contributed by atoms with Crippen LogP contribution in [0.25, 0.3) is 11.1 Å². The normalized spacial score (nSPS) is 12.0. The molecule has 2 aromatic rings. The summed E-state index contributed by atoms with van der Waals surface area (Å²) in [6.45, 7) is 5.08. The molecule has 0 amide bonds. The lowest BCUT2D eigenvalue weighted by atomic mass is 10.1. The Morgan fingerprint density at radius 1 is 0.750 bits per heavy atom. The monoisotopic (exact) mass is 268 g/mol. The predicted octanol–water partition coefficient (Wildman–Crippen LogP) is 3.70. The molecule has 0 saturated heterocycles. The van der Waals surface area contributed by atoms with Gasteiger partial charge >= 0.3 is 0 Å². The van der Waals surface area contributed by atoms with Gasteiger partial charge in [-0.05, 0) is 61.4 Å². The molecule has 3 heteroatoms. The Bertz CT molecular complexity index is 674. The molecular weight excluding hydrogens is 252 g/mol. The summed E-state index contributed by atoms with van der Waals surface area (Å²) in [5.74, 6) is 1.58. The average molecular weight is 268 g/mol. The van der Waals surface area contributed by atoms with Crippen molar-refractivity contribution in [3.8, 4) is 22.6 Å². The van der Waals surface area contributed by atoms with Crippen LogP contribution in [-0.4, -0.2) is 19.0 Å². The van der Waals surface area contributed by atoms with Crippen LogP contribution < -0.4 is 9.47 Å². The first-order chi connectivity index (χ1) is 9.74. The van der Waals surface area contributed by atoms with Crippen molar-refractivity contribution in [3.63, 3.8) is 0 Å². The number of fused-ring (bicyclic) bond motifs is 3. The molecule has 102 valence electrons. The Morgan fingerprint density at radius 2 is 1.30 bits per heavy atom. The van der Waals surface area contributed by atoms with Crippen LogP contribution in [0.1, 0.15) is 29.8 Å². The summed E-state index contributed by atoms with van der Waals surface area (Å²) in [4.78, 5) is 12.4. The van der Waals surface area contributed by atoms with Crippen molar-refractivity contribution in [2.75, 3.05) is 13.2 Å². The second kappa shape index (κ2) is 5.00. The fourth-order valence-corrected chi connectivity index (χ4v) is 2.55. The molecule has 3 nitrogen and oxygen atoms in total. The second-order valence-electron chi connectivity index (χ2n) is 4.61. The van der Waals surface area contributed by atoms with E-state index in [0.717, 1.165) is 28.2 Å². The van der Waals surface area contributed by atoms with E-state index in [0.29, 0.717) is 18.8 Å². The Morgan fingerprint density at radius 3 is 1.90 bits per heavy atom. The van der Waals surface area contributed by atoms with Gasteiger partial charge in [0.15, 0.2) is 5.78 Å². The highest BCUT2D eigenvalue weighted by Crippen LogP contribution is 2.40. The van der Waals surface area contributed by atoms with E-state index in [4.69, 9.17) is 9.47 Å². The predicted molar refractivity (Wildman–Crippen MR) is 77.6 cm³/mol. The lowest BCUT2D eigenvalue weighted by Crippen LogP contribution is -1.97. The molecule has 20 heavy (non-hydrogen) atoms. The zero-order chi connectivity index (χ0) is 14.1. The van der Waals surface area contributed by atoms with Crippen LogP contribution in [0.15, 0.2) is 36.4 Å². The molecular formula is C17H16O3. The third kappa shape index (κ3) is 1.95. The summed E-state index contributed by atoms with van der Waals surface area (Å²) in [5.41, 5.74) is 3.34. The summed E-state index contributed by atoms with van der Waals surface area (Å²) in [6, 6.07) is 11.3. The molecule has 3 rings (SSSR count). The SMILES string of the molecule is CCOc1ccc2c(c1)C(=O)c1ccc(OCC)cc1-2. The van der Waals surface area contributed by atoms with E-state index >= 15 is 0 Å². The first-order valence-electron chi connectivity index (χ1n) is 6.83. The van der Waals surface area contributed by atoms with Crippen molar-refractivity contribution < 1.29 is 14.3 Å². The van der Waals surface area contributed by atoms with Crippen molar-refractivity contribution in [1.29, 1.82) is 0 Å². The maximum atomic E-state index is 12.4. The zero-order valence-electron chi connectivity index (χ0n) is 11.6. The number of ketones is 1. The molecule has 2 aromatic carbocycles. The third-order valence-electron chi connectivity index (χ3n) is 3.38. The van der Waals surface area contributed by atoms with Crippen LogP contribution in [0.5, 0.6) is 11.5 Å².